The van der Waals surface area contributed by atoms with Gasteiger partial charge in [-0.05, 0) is 87.9 Å². The summed E-state index contributed by atoms with van der Waals surface area (Å²) in [5.74, 6) is 3.81. The van der Waals surface area contributed by atoms with Gasteiger partial charge in [0.15, 0.2) is 0 Å². The first kappa shape index (κ1) is 19.0. The van der Waals surface area contributed by atoms with E-state index in [-0.39, 0.29) is 0 Å². The van der Waals surface area contributed by atoms with Gasteiger partial charge >= 0.3 is 0 Å². The summed E-state index contributed by atoms with van der Waals surface area (Å²) in [6, 6.07) is 0. The van der Waals surface area contributed by atoms with Crippen molar-refractivity contribution in [3.05, 3.63) is 12.2 Å². The maximum absolute atomic E-state index is 5.76. The van der Waals surface area contributed by atoms with Gasteiger partial charge in [-0.15, -0.1) is 0 Å². The normalized spacial score (nSPS) is 32.4. The van der Waals surface area contributed by atoms with E-state index >= 15 is 0 Å². The molecule has 134 valence electrons. The second-order valence-electron chi connectivity index (χ2n) is 8.10. The van der Waals surface area contributed by atoms with Crippen LogP contribution in [0.2, 0.25) is 0 Å². The van der Waals surface area contributed by atoms with E-state index in [0.717, 1.165) is 43.3 Å². The van der Waals surface area contributed by atoms with Crippen molar-refractivity contribution in [2.75, 3.05) is 13.2 Å². The molecule has 0 aromatic rings. The first-order valence-corrected chi connectivity index (χ1v) is 10.6. The topological polar surface area (TPSA) is 9.23 Å². The second-order valence-corrected chi connectivity index (χ2v) is 8.10. The van der Waals surface area contributed by atoms with Crippen LogP contribution in [-0.2, 0) is 4.74 Å². The number of unbranched alkanes of at least 4 members (excludes halogenated alkanes) is 2. The third kappa shape index (κ3) is 6.99. The molecule has 0 atom stereocenters. The molecule has 2 saturated carbocycles. The van der Waals surface area contributed by atoms with Crippen LogP contribution in [-0.4, -0.2) is 13.2 Å². The minimum Gasteiger partial charge on any atom is -0.381 e. The smallest absolute Gasteiger partial charge is 0.0494 e. The van der Waals surface area contributed by atoms with Crippen molar-refractivity contribution >= 4 is 0 Å². The molecule has 0 bridgehead atoms. The second kappa shape index (κ2) is 11.3. The zero-order valence-electron chi connectivity index (χ0n) is 15.8. The number of rotatable bonds is 9. The average molecular weight is 321 g/mol. The highest BCUT2D eigenvalue weighted by atomic mass is 16.5. The Balaban J connectivity index is 1.60. The Morgan fingerprint density at radius 3 is 2.09 bits per heavy atom. The highest BCUT2D eigenvalue weighted by molar-refractivity contribution is 4.92. The number of hydrogen-bond acceptors (Lipinski definition) is 1. The summed E-state index contributed by atoms with van der Waals surface area (Å²) in [5, 5.41) is 0. The summed E-state index contributed by atoms with van der Waals surface area (Å²) in [6.45, 7) is 6.46. The Kier molecular flexibility index (Phi) is 9.34. The fourth-order valence-corrected chi connectivity index (χ4v) is 4.64. The van der Waals surface area contributed by atoms with Crippen LogP contribution >= 0.6 is 0 Å². The summed E-state index contributed by atoms with van der Waals surface area (Å²) >= 11 is 0. The average Bonchev–Trinajstić information content (AvgIpc) is 2.60. The van der Waals surface area contributed by atoms with Crippen LogP contribution in [0.4, 0.5) is 0 Å². The fraction of sp³-hybridized carbons (Fsp3) is 0.909. The molecule has 0 spiro atoms. The molecule has 0 heterocycles. The first-order chi connectivity index (χ1) is 11.3. The fourth-order valence-electron chi connectivity index (χ4n) is 4.64. The minimum atomic E-state index is 0.857. The van der Waals surface area contributed by atoms with Crippen LogP contribution < -0.4 is 0 Å². The predicted molar refractivity (Wildman–Crippen MR) is 101 cm³/mol. The Labute approximate surface area is 145 Å². The van der Waals surface area contributed by atoms with Crippen molar-refractivity contribution in [3.8, 4) is 0 Å². The standard InChI is InChI=1S/C22H40O/c1-3-5-6-7-8-19-9-13-21(14-10-19)22-15-11-20(12-16-22)18-23-17-4-2/h7-8,19-22H,3-6,9-18H2,1-2H3. The van der Waals surface area contributed by atoms with Gasteiger partial charge in [-0.1, -0.05) is 38.8 Å². The largest absolute Gasteiger partial charge is 0.381 e. The Morgan fingerprint density at radius 2 is 1.48 bits per heavy atom. The van der Waals surface area contributed by atoms with Crippen molar-refractivity contribution < 1.29 is 4.74 Å². The van der Waals surface area contributed by atoms with Crippen LogP contribution in [0.1, 0.15) is 90.9 Å². The van der Waals surface area contributed by atoms with Crippen LogP contribution in [0, 0.1) is 23.7 Å². The zero-order chi connectivity index (χ0) is 16.3. The lowest BCUT2D eigenvalue weighted by atomic mass is 9.69. The summed E-state index contributed by atoms with van der Waals surface area (Å²) < 4.78 is 5.76. The van der Waals surface area contributed by atoms with Crippen molar-refractivity contribution in [2.45, 2.75) is 90.9 Å². The highest BCUT2D eigenvalue weighted by Gasteiger charge is 2.30. The SMILES string of the molecule is CCCCC=CC1CCC(C2CCC(COCCC)CC2)CC1. The molecule has 2 aliphatic rings. The Bertz CT molecular complexity index is 306. The predicted octanol–water partition coefficient (Wildman–Crippen LogP) is 6.77. The van der Waals surface area contributed by atoms with Gasteiger partial charge in [-0.3, -0.25) is 0 Å². The summed E-state index contributed by atoms with van der Waals surface area (Å²) in [7, 11) is 0. The number of hydrogen-bond donors (Lipinski definition) is 0. The van der Waals surface area contributed by atoms with Crippen LogP contribution in [0.5, 0.6) is 0 Å². The molecule has 2 fully saturated rings. The molecule has 0 aromatic heterocycles. The monoisotopic (exact) mass is 320 g/mol. The van der Waals surface area contributed by atoms with E-state index in [1.807, 2.05) is 0 Å². The molecule has 23 heavy (non-hydrogen) atoms. The molecular weight excluding hydrogens is 280 g/mol. The quantitative estimate of drug-likeness (QED) is 0.336. The van der Waals surface area contributed by atoms with Crippen molar-refractivity contribution in [1.82, 2.24) is 0 Å². The lowest BCUT2D eigenvalue weighted by molar-refractivity contribution is 0.0662. The summed E-state index contributed by atoms with van der Waals surface area (Å²) in [5.41, 5.74) is 0. The molecule has 0 aromatic carbocycles. The van der Waals surface area contributed by atoms with Gasteiger partial charge in [0.1, 0.15) is 0 Å². The van der Waals surface area contributed by atoms with Gasteiger partial charge in [0.05, 0.1) is 0 Å². The van der Waals surface area contributed by atoms with Crippen LogP contribution in [0.15, 0.2) is 12.2 Å². The van der Waals surface area contributed by atoms with Gasteiger partial charge in [0.25, 0.3) is 0 Å². The maximum atomic E-state index is 5.76. The number of ether oxygens (including phenoxy) is 1. The number of allylic oxidation sites excluding steroid dienone is 2. The third-order valence-electron chi connectivity index (χ3n) is 6.21. The molecule has 0 N–H and O–H groups in total. The van der Waals surface area contributed by atoms with Crippen LogP contribution in [0.25, 0.3) is 0 Å². The molecule has 1 nitrogen and oxygen atoms in total. The van der Waals surface area contributed by atoms with Crippen molar-refractivity contribution in [2.24, 2.45) is 23.7 Å². The Hall–Kier alpha value is -0.300. The third-order valence-corrected chi connectivity index (χ3v) is 6.21. The van der Waals surface area contributed by atoms with E-state index in [0.29, 0.717) is 0 Å². The molecule has 0 saturated heterocycles. The van der Waals surface area contributed by atoms with Gasteiger partial charge in [-0.25, -0.2) is 0 Å². The molecule has 2 rings (SSSR count). The van der Waals surface area contributed by atoms with Gasteiger partial charge < -0.3 is 4.74 Å². The van der Waals surface area contributed by atoms with Gasteiger partial charge in [0, 0.05) is 13.2 Å². The van der Waals surface area contributed by atoms with Crippen molar-refractivity contribution in [1.29, 1.82) is 0 Å². The molecule has 0 amide bonds. The maximum Gasteiger partial charge on any atom is 0.0494 e. The van der Waals surface area contributed by atoms with Crippen molar-refractivity contribution in [3.63, 3.8) is 0 Å². The zero-order valence-corrected chi connectivity index (χ0v) is 15.8. The van der Waals surface area contributed by atoms with Crippen LogP contribution in [0.3, 0.4) is 0 Å². The van der Waals surface area contributed by atoms with E-state index in [1.54, 1.807) is 0 Å². The molecule has 2 aliphatic carbocycles. The Morgan fingerprint density at radius 1 is 0.826 bits per heavy atom. The molecule has 0 radical (unpaired) electrons. The molecule has 0 aliphatic heterocycles. The summed E-state index contributed by atoms with van der Waals surface area (Å²) in [6.07, 6.45) is 21.8. The van der Waals surface area contributed by atoms with E-state index in [9.17, 15) is 0 Å². The highest BCUT2D eigenvalue weighted by Crippen LogP contribution is 2.41. The lowest BCUT2D eigenvalue weighted by Crippen LogP contribution is -2.26. The first-order valence-electron chi connectivity index (χ1n) is 10.6. The molecular formula is C22H40O. The minimum absolute atomic E-state index is 0.857. The van der Waals surface area contributed by atoms with E-state index in [4.69, 9.17) is 4.74 Å². The molecule has 1 heteroatoms. The van der Waals surface area contributed by atoms with Gasteiger partial charge in [0.2, 0.25) is 0 Å². The van der Waals surface area contributed by atoms with E-state index in [1.165, 1.54) is 70.6 Å². The lowest BCUT2D eigenvalue weighted by Gasteiger charge is -2.37. The van der Waals surface area contributed by atoms with E-state index < -0.39 is 0 Å². The molecule has 0 unspecified atom stereocenters. The summed E-state index contributed by atoms with van der Waals surface area (Å²) in [4.78, 5) is 0. The van der Waals surface area contributed by atoms with E-state index in [2.05, 4.69) is 26.0 Å². The van der Waals surface area contributed by atoms with Gasteiger partial charge in [-0.2, -0.15) is 0 Å².